The topological polar surface area (TPSA) is 204 Å². The summed E-state index contributed by atoms with van der Waals surface area (Å²) in [5, 5.41) is 0. The largest absolute Gasteiger partial charge is 0.484 e. The fraction of sp³-hybridized carbons (Fsp3) is 0.421. The molecule has 116 heavy (non-hydrogen) atoms. The van der Waals surface area contributed by atoms with Crippen molar-refractivity contribution in [3.63, 3.8) is 0 Å². The van der Waals surface area contributed by atoms with Gasteiger partial charge in [0.1, 0.15) is 65.1 Å². The fourth-order valence-electron chi connectivity index (χ4n) is 19.0. The molecular weight excluding hydrogens is 1530 g/mol. The van der Waals surface area contributed by atoms with E-state index < -0.39 is 46.3 Å². The Morgan fingerprint density at radius 2 is 0.733 bits per heavy atom. The van der Waals surface area contributed by atoms with Gasteiger partial charge in [0.2, 0.25) is 46.3 Å². The van der Waals surface area contributed by atoms with E-state index in [0.29, 0.717) is 94.7 Å². The molecule has 8 heterocycles. The third kappa shape index (κ3) is 16.1. The van der Waals surface area contributed by atoms with Crippen molar-refractivity contribution < 1.29 is 62.1 Å². The van der Waals surface area contributed by atoms with E-state index in [1.807, 2.05) is 97.9 Å². The van der Waals surface area contributed by atoms with Gasteiger partial charge in [0.15, 0.2) is 5.78 Å². The number of piperidine rings is 4. The number of Topliss-reactive ketones (excluding diaryl/α,β-unsaturated/α-hetero) is 9. The van der Waals surface area contributed by atoms with Crippen LogP contribution in [0.25, 0.3) is 23.0 Å². The highest BCUT2D eigenvalue weighted by atomic mass is 32.2. The van der Waals surface area contributed by atoms with Crippen molar-refractivity contribution in [2.45, 2.75) is 164 Å². The van der Waals surface area contributed by atoms with Crippen LogP contribution in [-0.4, -0.2) is 188 Å². The summed E-state index contributed by atoms with van der Waals surface area (Å²) in [6.45, 7) is 13.1. The number of thioether (sulfide) groups is 4. The maximum Gasteiger partial charge on any atom is 0.243 e. The maximum absolute atomic E-state index is 12.8. The molecule has 1 saturated carbocycles. The second-order valence-electron chi connectivity index (χ2n) is 33.5. The summed E-state index contributed by atoms with van der Waals surface area (Å²) in [6.07, 6.45) is 23.1. The Bertz CT molecular complexity index is 5070. The molecule has 20 rings (SSSR count). The lowest BCUT2D eigenvalue weighted by Gasteiger charge is -2.47. The molecule has 8 aliphatic heterocycles. The summed E-state index contributed by atoms with van der Waals surface area (Å²) in [6, 6.07) is 50.4. The lowest BCUT2D eigenvalue weighted by molar-refractivity contribution is -0.125. The number of allylic oxidation sites excluding steroid dienone is 5. The predicted molar refractivity (Wildman–Crippen MR) is 457 cm³/mol. The van der Waals surface area contributed by atoms with Crippen molar-refractivity contribution in [1.82, 2.24) is 19.6 Å². The third-order valence-electron chi connectivity index (χ3n) is 26.2. The van der Waals surface area contributed by atoms with Crippen LogP contribution >= 0.6 is 47.0 Å². The number of likely N-dealkylation sites (tertiary alicyclic amines) is 4. The van der Waals surface area contributed by atoms with Crippen molar-refractivity contribution in [2.75, 3.05) is 81.9 Å². The first-order chi connectivity index (χ1) is 56.4. The summed E-state index contributed by atoms with van der Waals surface area (Å²) in [7, 11) is 0. The van der Waals surface area contributed by atoms with Gasteiger partial charge in [-0.25, -0.2) is 0 Å². The van der Waals surface area contributed by atoms with Crippen molar-refractivity contribution >= 4 is 122 Å². The third-order valence-corrected chi connectivity index (χ3v) is 31.6. The molecule has 0 amide bonds. The normalized spacial score (nSPS) is 23.8. The number of rotatable bonds is 9. The number of ketones is 9. The van der Waals surface area contributed by atoms with Gasteiger partial charge in [-0.15, -0.1) is 47.0 Å². The lowest BCUT2D eigenvalue weighted by atomic mass is 9.87. The van der Waals surface area contributed by atoms with Gasteiger partial charge in [0, 0.05) is 196 Å². The monoisotopic (exact) mass is 1630 g/mol. The summed E-state index contributed by atoms with van der Waals surface area (Å²) in [5.41, 5.74) is 6.17. The molecule has 6 aliphatic carbocycles. The molecule has 6 aromatic carbocycles. The van der Waals surface area contributed by atoms with Crippen LogP contribution in [0.4, 0.5) is 0 Å². The molecule has 0 aromatic heterocycles. The summed E-state index contributed by atoms with van der Waals surface area (Å²) < 4.78 is 26.2. The molecule has 0 bridgehead atoms. The van der Waals surface area contributed by atoms with Gasteiger partial charge in [0.05, 0.1) is 6.04 Å². The highest BCUT2D eigenvalue weighted by molar-refractivity contribution is 8.05. The minimum absolute atomic E-state index is 0.145. The van der Waals surface area contributed by atoms with Gasteiger partial charge in [-0.05, 0) is 63.0 Å². The van der Waals surface area contributed by atoms with Gasteiger partial charge in [-0.1, -0.05) is 189 Å². The second-order valence-corrected chi connectivity index (χ2v) is 37.4. The first-order valence-corrected chi connectivity index (χ1v) is 45.5. The molecule has 6 aromatic rings. The number of ether oxygens (including phenoxy) is 4. The number of nitrogens with zero attached hydrogens (tertiary/aromatic N) is 4. The number of benzene rings is 6. The van der Waals surface area contributed by atoms with Gasteiger partial charge in [-0.3, -0.25) is 57.9 Å². The molecule has 0 radical (unpaired) electrons. The Morgan fingerprint density at radius 1 is 0.388 bits per heavy atom. The first-order valence-electron chi connectivity index (χ1n) is 41.6. The Kier molecular flexibility index (Phi) is 23.5. The molecule has 3 atom stereocenters. The lowest BCUT2D eigenvalue weighted by Crippen LogP contribution is -2.53. The maximum atomic E-state index is 12.8. The molecule has 5 fully saturated rings. The average molecular weight is 1630 g/mol. The fourth-order valence-corrected chi connectivity index (χ4v) is 24.0. The SMILES string of the molecule is CC(C(=O)Cc1ccccc1)N1CCC2(CC1)CSC1=C(O2)c2ccccc2C(=O)C1=O.CC(c1ccccc1)N1CCC2(CC1)CSC1=C(O2)c2ccccc2C(=O)C1=O.O=C1C(=O)c2ccccc2C2=C1SCC1(CCN(C3C=CCCC3)CC1)O2.O=C1C(=O)c2ccccc2C2=C1SCC1(CCN(CC3CCCCC3)CC1)O2. The van der Waals surface area contributed by atoms with Crippen LogP contribution in [0.3, 0.4) is 0 Å². The van der Waals surface area contributed by atoms with E-state index in [1.165, 1.54) is 111 Å². The van der Waals surface area contributed by atoms with E-state index in [0.717, 1.165) is 149 Å². The van der Waals surface area contributed by atoms with Crippen LogP contribution in [-0.2, 0) is 49.3 Å². The summed E-state index contributed by atoms with van der Waals surface area (Å²) in [5.74, 6) is 3.07. The van der Waals surface area contributed by atoms with Crippen LogP contribution < -0.4 is 0 Å². The molecule has 4 spiro atoms. The number of fused-ring (bicyclic) bond motifs is 8. The van der Waals surface area contributed by atoms with Crippen LogP contribution in [0.2, 0.25) is 0 Å². The average Bonchev–Trinajstić information content (AvgIpc) is 0.757. The number of hydrogen-bond acceptors (Lipinski definition) is 21. The molecular formula is C95H98N4O13S4. The number of carbonyl (C=O) groups excluding carboxylic acids is 9. The molecule has 4 saturated heterocycles. The van der Waals surface area contributed by atoms with Crippen molar-refractivity contribution in [3.05, 3.63) is 245 Å². The predicted octanol–water partition coefficient (Wildman–Crippen LogP) is 16.5. The van der Waals surface area contributed by atoms with Gasteiger partial charge in [0.25, 0.3) is 0 Å². The summed E-state index contributed by atoms with van der Waals surface area (Å²) in [4.78, 5) is 125. The van der Waals surface area contributed by atoms with E-state index in [2.05, 4.69) is 62.9 Å². The molecule has 3 unspecified atom stereocenters. The Balaban J connectivity index is 0.000000111. The van der Waals surface area contributed by atoms with Crippen LogP contribution in [0, 0.1) is 5.92 Å². The zero-order chi connectivity index (χ0) is 79.9. The molecule has 14 aliphatic rings. The zero-order valence-corrected chi connectivity index (χ0v) is 69.2. The highest BCUT2D eigenvalue weighted by Crippen LogP contribution is 2.53. The molecule has 0 N–H and O–H groups in total. The van der Waals surface area contributed by atoms with Gasteiger partial charge in [-0.2, -0.15) is 0 Å². The smallest absolute Gasteiger partial charge is 0.243 e. The summed E-state index contributed by atoms with van der Waals surface area (Å²) >= 11 is 5.99. The van der Waals surface area contributed by atoms with E-state index >= 15 is 0 Å². The van der Waals surface area contributed by atoms with Crippen molar-refractivity contribution in [2.24, 2.45) is 5.92 Å². The zero-order valence-electron chi connectivity index (χ0n) is 65.9. The minimum atomic E-state index is -0.462. The number of carbonyl (C=O) groups is 9. The molecule has 17 nitrogen and oxygen atoms in total. The van der Waals surface area contributed by atoms with Gasteiger partial charge >= 0.3 is 0 Å². The van der Waals surface area contributed by atoms with Crippen molar-refractivity contribution in [1.29, 1.82) is 0 Å². The van der Waals surface area contributed by atoms with Crippen LogP contribution in [0.1, 0.15) is 197 Å². The van der Waals surface area contributed by atoms with E-state index in [-0.39, 0.29) is 34.2 Å². The number of hydrogen-bond donors (Lipinski definition) is 0. The van der Waals surface area contributed by atoms with E-state index in [9.17, 15) is 43.2 Å². The minimum Gasteiger partial charge on any atom is -0.484 e. The first kappa shape index (κ1) is 79.9. The Morgan fingerprint density at radius 3 is 1.11 bits per heavy atom. The van der Waals surface area contributed by atoms with E-state index in [4.69, 9.17) is 18.9 Å². The van der Waals surface area contributed by atoms with Crippen LogP contribution in [0.15, 0.2) is 189 Å². The molecule has 600 valence electrons. The highest BCUT2D eigenvalue weighted by Gasteiger charge is 2.52. The van der Waals surface area contributed by atoms with Gasteiger partial charge < -0.3 is 23.8 Å². The van der Waals surface area contributed by atoms with Crippen LogP contribution in [0.5, 0.6) is 0 Å². The van der Waals surface area contributed by atoms with Crippen molar-refractivity contribution in [3.8, 4) is 0 Å². The quantitative estimate of drug-likeness (QED) is 0.0975. The Labute approximate surface area is 695 Å². The standard InChI is InChI=1S/C26H25NO4S.C24H23NO3S.C23H27NO3S.C22H23NO3S/c1-17(21(28)15-18-7-3-2-4-8-18)27-13-11-26(12-14-27)16-32-25-23(30)22(29)19-9-5-6-10-20(19)24(25)31-26;1-16(17-7-3-2-4-8-17)25-13-11-24(12-14-25)15-29-23-21(27)20(26)18-9-5-6-10-19(18)22(23)28-24;25-19-17-8-4-5-9-18(17)21-22(20(19)26)28-15-23(27-21)10-12-24(13-11-23)14-16-6-2-1-3-7-16;24-18-16-8-4-5-9-17(16)20-21(19(18)25)27-14-22(26-20)10-12-23(13-11-22)15-6-2-1-3-7-15/h2-10,17H,11-16H2,1H3;2-10,16H,11-15H2,1H3;4-5,8-9,16H,1-3,6-7,10-15H2;2,4-6,8-9,15H,1,3,7,10-14H2. The second kappa shape index (κ2) is 34.1. The van der Waals surface area contributed by atoms with E-state index in [1.54, 1.807) is 42.5 Å². The molecule has 21 heteroatoms. The Hall–Kier alpha value is -8.51.